The van der Waals surface area contributed by atoms with Crippen molar-refractivity contribution in [2.45, 2.75) is 12.1 Å². The first kappa shape index (κ1) is 13.7. The quantitative estimate of drug-likeness (QED) is 0.742. The van der Waals surface area contributed by atoms with Crippen molar-refractivity contribution in [3.8, 4) is 0 Å². The molecule has 0 aliphatic rings. The van der Waals surface area contributed by atoms with Crippen LogP contribution in [0.2, 0.25) is 0 Å². The van der Waals surface area contributed by atoms with Gasteiger partial charge in [-0.15, -0.1) is 16.7 Å². The first-order chi connectivity index (χ1) is 9.95. The van der Waals surface area contributed by atoms with E-state index in [1.54, 1.807) is 0 Å². The summed E-state index contributed by atoms with van der Waals surface area (Å²) >= 11 is 5.50. The summed E-state index contributed by atoms with van der Waals surface area (Å²) in [7, 11) is 0. The average Bonchev–Trinajstić information content (AvgIpc) is 3.02. The molecule has 2 aromatic heterocycles. The monoisotopic (exact) mass is 318 g/mol. The molecule has 10 heteroatoms. The van der Waals surface area contributed by atoms with E-state index in [0.29, 0.717) is 0 Å². The highest BCUT2D eigenvalue weighted by Crippen LogP contribution is 2.32. The Morgan fingerprint density at radius 1 is 1.14 bits per heavy atom. The number of anilines is 2. The summed E-state index contributed by atoms with van der Waals surface area (Å²) in [5.74, 6) is 0.228. The normalized spacial score (nSPS) is 12.0. The summed E-state index contributed by atoms with van der Waals surface area (Å²) in [4.78, 5) is 3.88. The summed E-state index contributed by atoms with van der Waals surface area (Å²) in [5.41, 5.74) is -0.552. The van der Waals surface area contributed by atoms with Gasteiger partial charge in [0.05, 0.1) is 5.56 Å². The van der Waals surface area contributed by atoms with Crippen molar-refractivity contribution in [1.29, 1.82) is 0 Å². The predicted octanol–water partition coefficient (Wildman–Crippen LogP) is 3.71. The van der Waals surface area contributed by atoms with Gasteiger partial charge in [0.1, 0.15) is 11.4 Å². The van der Waals surface area contributed by atoms with Crippen molar-refractivity contribution in [3.05, 3.63) is 29.7 Å². The van der Waals surface area contributed by atoms with Gasteiger partial charge < -0.3 is 8.83 Å². The Bertz CT molecular complexity index is 783. The Labute approximate surface area is 119 Å². The van der Waals surface area contributed by atoms with Gasteiger partial charge in [-0.2, -0.15) is 18.2 Å². The molecule has 0 unspecified atom stereocenters. The molecular formula is C11H6ClF3N4O2. The summed E-state index contributed by atoms with van der Waals surface area (Å²) in [6, 6.07) is 2.91. The first-order valence-electron chi connectivity index (χ1n) is 5.59. The SMILES string of the molecule is FC(F)(F)c1ccc2oc(Nc3nnc(CCl)o3)nc2c1. The van der Waals surface area contributed by atoms with Crippen molar-refractivity contribution in [2.24, 2.45) is 0 Å². The van der Waals surface area contributed by atoms with Crippen LogP contribution in [0.1, 0.15) is 11.5 Å². The van der Waals surface area contributed by atoms with Crippen molar-refractivity contribution in [3.63, 3.8) is 0 Å². The van der Waals surface area contributed by atoms with Gasteiger partial charge in [0.25, 0.3) is 0 Å². The molecular weight excluding hydrogens is 313 g/mol. The molecule has 3 rings (SSSR count). The van der Waals surface area contributed by atoms with Crippen molar-refractivity contribution < 1.29 is 22.0 Å². The zero-order valence-electron chi connectivity index (χ0n) is 10.1. The van der Waals surface area contributed by atoms with Gasteiger partial charge in [0.2, 0.25) is 5.89 Å². The van der Waals surface area contributed by atoms with Crippen LogP contribution in [0.15, 0.2) is 27.0 Å². The molecule has 0 aliphatic heterocycles. The third kappa shape index (κ3) is 2.77. The van der Waals surface area contributed by atoms with Crippen LogP contribution in [-0.2, 0) is 12.1 Å². The van der Waals surface area contributed by atoms with E-state index in [4.69, 9.17) is 20.4 Å². The van der Waals surface area contributed by atoms with Crippen LogP contribution in [-0.4, -0.2) is 15.2 Å². The number of hydrogen-bond donors (Lipinski definition) is 1. The zero-order chi connectivity index (χ0) is 15.0. The standard InChI is InChI=1S/C11H6ClF3N4O2/c12-4-8-18-19-10(21-8)17-9-16-6-3-5(11(13,14)15)1-2-7(6)20-9/h1-3H,4H2,(H,16,17,19). The van der Waals surface area contributed by atoms with E-state index in [9.17, 15) is 13.2 Å². The molecule has 0 amide bonds. The molecule has 2 heterocycles. The molecule has 0 saturated carbocycles. The summed E-state index contributed by atoms with van der Waals surface area (Å²) in [6.45, 7) is 0. The third-order valence-corrected chi connectivity index (χ3v) is 2.74. The van der Waals surface area contributed by atoms with Crippen LogP contribution in [0.4, 0.5) is 25.2 Å². The number of benzene rings is 1. The van der Waals surface area contributed by atoms with Crippen molar-refractivity contribution >= 4 is 34.7 Å². The number of fused-ring (bicyclic) bond motifs is 1. The molecule has 1 aromatic carbocycles. The fraction of sp³-hybridized carbons (Fsp3) is 0.182. The molecule has 21 heavy (non-hydrogen) atoms. The van der Waals surface area contributed by atoms with Crippen LogP contribution >= 0.6 is 11.6 Å². The third-order valence-electron chi connectivity index (χ3n) is 2.51. The predicted molar refractivity (Wildman–Crippen MR) is 66.1 cm³/mol. The Hall–Kier alpha value is -2.29. The maximum absolute atomic E-state index is 12.6. The molecule has 110 valence electrons. The second-order valence-electron chi connectivity index (χ2n) is 3.96. The van der Waals surface area contributed by atoms with Gasteiger partial charge in [0, 0.05) is 0 Å². The van der Waals surface area contributed by atoms with Crippen molar-refractivity contribution in [2.75, 3.05) is 5.32 Å². The Kier molecular flexibility index (Phi) is 3.20. The second-order valence-corrected chi connectivity index (χ2v) is 4.23. The van der Waals surface area contributed by atoms with E-state index < -0.39 is 11.7 Å². The minimum absolute atomic E-state index is 0.0201. The largest absolute Gasteiger partial charge is 0.423 e. The smallest absolute Gasteiger partial charge is 0.416 e. The lowest BCUT2D eigenvalue weighted by Crippen LogP contribution is -2.03. The van der Waals surface area contributed by atoms with E-state index in [0.717, 1.165) is 12.1 Å². The molecule has 0 radical (unpaired) electrons. The fourth-order valence-electron chi connectivity index (χ4n) is 1.61. The highest BCUT2D eigenvalue weighted by atomic mass is 35.5. The number of nitrogens with zero attached hydrogens (tertiary/aromatic N) is 3. The van der Waals surface area contributed by atoms with Crippen LogP contribution < -0.4 is 5.32 Å². The number of aromatic nitrogens is 3. The van der Waals surface area contributed by atoms with E-state index >= 15 is 0 Å². The van der Waals surface area contributed by atoms with Crippen LogP contribution in [0.3, 0.4) is 0 Å². The maximum Gasteiger partial charge on any atom is 0.416 e. The van der Waals surface area contributed by atoms with Crippen molar-refractivity contribution in [1.82, 2.24) is 15.2 Å². The van der Waals surface area contributed by atoms with Crippen LogP contribution in [0, 0.1) is 0 Å². The van der Waals surface area contributed by atoms with Gasteiger partial charge >= 0.3 is 18.2 Å². The Balaban J connectivity index is 1.90. The van der Waals surface area contributed by atoms with Crippen LogP contribution in [0.25, 0.3) is 11.1 Å². The summed E-state index contributed by atoms with van der Waals surface area (Å²) in [5, 5.41) is 9.77. The number of alkyl halides is 4. The minimum Gasteiger partial charge on any atom is -0.423 e. The highest BCUT2D eigenvalue weighted by Gasteiger charge is 2.31. The zero-order valence-corrected chi connectivity index (χ0v) is 10.9. The van der Waals surface area contributed by atoms with Gasteiger partial charge in [-0.05, 0) is 18.2 Å². The molecule has 6 nitrogen and oxygen atoms in total. The van der Waals surface area contributed by atoms with Crippen LogP contribution in [0.5, 0.6) is 0 Å². The highest BCUT2D eigenvalue weighted by molar-refractivity contribution is 6.16. The van der Waals surface area contributed by atoms with Gasteiger partial charge in [-0.3, -0.25) is 5.32 Å². The van der Waals surface area contributed by atoms with E-state index in [-0.39, 0.29) is 34.9 Å². The molecule has 0 spiro atoms. The Morgan fingerprint density at radius 3 is 2.62 bits per heavy atom. The average molecular weight is 319 g/mol. The van der Waals surface area contributed by atoms with Gasteiger partial charge in [0.15, 0.2) is 5.58 Å². The number of halogens is 4. The van der Waals surface area contributed by atoms with Gasteiger partial charge in [-0.1, -0.05) is 5.10 Å². The lowest BCUT2D eigenvalue weighted by molar-refractivity contribution is -0.137. The summed E-state index contributed by atoms with van der Waals surface area (Å²) in [6.07, 6.45) is -4.44. The molecule has 0 aliphatic carbocycles. The van der Waals surface area contributed by atoms with Gasteiger partial charge in [-0.25, -0.2) is 0 Å². The number of hydrogen-bond acceptors (Lipinski definition) is 6. The molecule has 0 fully saturated rings. The number of oxazole rings is 1. The molecule has 0 atom stereocenters. The number of nitrogens with one attached hydrogen (secondary N) is 1. The minimum atomic E-state index is -4.44. The Morgan fingerprint density at radius 2 is 1.95 bits per heavy atom. The molecule has 0 saturated heterocycles. The first-order valence-corrected chi connectivity index (χ1v) is 6.12. The molecule has 0 bridgehead atoms. The summed E-state index contributed by atoms with van der Waals surface area (Å²) < 4.78 is 48.1. The van der Waals surface area contributed by atoms with E-state index in [1.165, 1.54) is 6.07 Å². The fourth-order valence-corrected chi connectivity index (χ4v) is 1.71. The lowest BCUT2D eigenvalue weighted by atomic mass is 10.2. The topological polar surface area (TPSA) is 77.0 Å². The van der Waals surface area contributed by atoms with E-state index in [1.807, 2.05) is 0 Å². The number of rotatable bonds is 3. The second kappa shape index (κ2) is 4.92. The molecule has 1 N–H and O–H groups in total. The maximum atomic E-state index is 12.6. The lowest BCUT2D eigenvalue weighted by Gasteiger charge is -2.04. The van der Waals surface area contributed by atoms with E-state index in [2.05, 4.69) is 20.5 Å². The molecule has 3 aromatic rings.